The Hall–Kier alpha value is -8.07. The monoisotopic (exact) mass is 876 g/mol. The van der Waals surface area contributed by atoms with Crippen LogP contribution in [0.5, 0.6) is 5.75 Å². The number of anilines is 3. The van der Waals surface area contributed by atoms with Crippen molar-refractivity contribution >= 4 is 50.9 Å². The van der Waals surface area contributed by atoms with Gasteiger partial charge in [-0.1, -0.05) is 72.3 Å². The number of aromatic nitrogens is 10. The van der Waals surface area contributed by atoms with Gasteiger partial charge in [-0.15, -0.1) is 0 Å². The van der Waals surface area contributed by atoms with Crippen LogP contribution in [0.3, 0.4) is 0 Å². The molecule has 0 unspecified atom stereocenters. The third-order valence-corrected chi connectivity index (χ3v) is 11.2. The Morgan fingerprint density at radius 2 is 1.31 bits per heavy atom. The molecule has 10 aromatic rings. The van der Waals surface area contributed by atoms with Crippen molar-refractivity contribution in [3.63, 3.8) is 0 Å². The summed E-state index contributed by atoms with van der Waals surface area (Å²) in [6.07, 6.45) is 10.8. The second-order valence-corrected chi connectivity index (χ2v) is 15.5. The molecule has 0 aliphatic carbocycles. The van der Waals surface area contributed by atoms with Crippen LogP contribution in [-0.4, -0.2) is 83.3 Å². The molecule has 0 radical (unpaired) electrons. The van der Waals surface area contributed by atoms with E-state index in [0.717, 1.165) is 87.7 Å². The van der Waals surface area contributed by atoms with E-state index in [1.807, 2.05) is 108 Å². The zero-order valence-electron chi connectivity index (χ0n) is 35.2. The van der Waals surface area contributed by atoms with Crippen molar-refractivity contribution in [3.05, 3.63) is 169 Å². The number of methoxy groups -OCH3 is 1. The summed E-state index contributed by atoms with van der Waals surface area (Å²) in [5, 5.41) is 15.6. The van der Waals surface area contributed by atoms with Gasteiger partial charge in [0.25, 0.3) is 0 Å². The maximum Gasteiger partial charge on any atom is 0.162 e. The fraction of sp³-hybridized carbons (Fsp3) is 0.120. The van der Waals surface area contributed by atoms with Gasteiger partial charge in [0.15, 0.2) is 22.6 Å². The molecule has 2 N–H and O–H groups in total. The van der Waals surface area contributed by atoms with E-state index >= 15 is 0 Å². The number of hydrogen-bond acceptors (Lipinski definition) is 12. The van der Waals surface area contributed by atoms with Gasteiger partial charge in [-0.05, 0) is 77.4 Å². The number of ether oxygens (including phenoxy) is 2. The van der Waals surface area contributed by atoms with E-state index in [0.29, 0.717) is 40.2 Å². The highest BCUT2D eigenvalue weighted by molar-refractivity contribution is 6.33. The number of halogens is 1. The Bertz CT molecular complexity index is 3190. The van der Waals surface area contributed by atoms with Crippen LogP contribution in [0.1, 0.15) is 5.56 Å². The van der Waals surface area contributed by atoms with Crippen molar-refractivity contribution in [2.75, 3.05) is 43.6 Å². The van der Waals surface area contributed by atoms with Crippen molar-refractivity contribution < 1.29 is 9.47 Å². The molecule has 7 heterocycles. The van der Waals surface area contributed by atoms with E-state index in [-0.39, 0.29) is 0 Å². The van der Waals surface area contributed by atoms with Crippen molar-refractivity contribution in [1.82, 2.24) is 49.9 Å². The van der Waals surface area contributed by atoms with Crippen LogP contribution >= 0.6 is 11.6 Å². The number of hydrogen-bond donors (Lipinski definition) is 2. The van der Waals surface area contributed by atoms with Crippen LogP contribution in [0.2, 0.25) is 5.15 Å². The number of rotatable bonds is 10. The van der Waals surface area contributed by atoms with Gasteiger partial charge >= 0.3 is 0 Å². The molecule has 1 aliphatic rings. The summed E-state index contributed by atoms with van der Waals surface area (Å²) in [5.41, 5.74) is 12.0. The number of morpholine rings is 1. The average Bonchev–Trinajstić information content (AvgIpc) is 4.03. The third-order valence-electron chi connectivity index (χ3n) is 10.9. The number of H-pyrrole nitrogens is 1. The SMILES string of the molecule is COc1ccc(Cn2cc3nc(-c4cccc(-c5cccnc5)c4)nc(Cl)c3n2)cc1.c1cncc(-c2cccc(-c3nc(Nc4ccc(N5CCOCC5)cc4)c4[nH]ncc4n3)c2)c1. The Labute approximate surface area is 379 Å². The first-order valence-corrected chi connectivity index (χ1v) is 21.4. The third kappa shape index (κ3) is 9.35. The summed E-state index contributed by atoms with van der Waals surface area (Å²) in [6, 6.07) is 40.4. The molecule has 1 saturated heterocycles. The Morgan fingerprint density at radius 3 is 1.95 bits per heavy atom. The van der Waals surface area contributed by atoms with E-state index in [1.165, 1.54) is 5.69 Å². The molecule has 0 atom stereocenters. The molecular weight excluding hydrogens is 836 g/mol. The molecule has 1 aliphatic heterocycles. The zero-order valence-corrected chi connectivity index (χ0v) is 36.0. The lowest BCUT2D eigenvalue weighted by atomic mass is 10.0. The van der Waals surface area contributed by atoms with Gasteiger partial charge < -0.3 is 19.7 Å². The molecule has 15 heteroatoms. The molecule has 65 heavy (non-hydrogen) atoms. The van der Waals surface area contributed by atoms with E-state index < -0.39 is 0 Å². The molecule has 320 valence electrons. The maximum atomic E-state index is 6.47. The van der Waals surface area contributed by atoms with E-state index in [9.17, 15) is 0 Å². The number of benzene rings is 4. The number of fused-ring (bicyclic) bond motifs is 2. The highest BCUT2D eigenvalue weighted by Crippen LogP contribution is 2.31. The minimum Gasteiger partial charge on any atom is -0.497 e. The van der Waals surface area contributed by atoms with Crippen LogP contribution in [-0.2, 0) is 11.3 Å². The molecule has 0 spiro atoms. The number of nitrogens with one attached hydrogen (secondary N) is 2. The molecular formula is C50H41ClN12O2. The second-order valence-electron chi connectivity index (χ2n) is 15.2. The average molecular weight is 877 g/mol. The van der Waals surface area contributed by atoms with E-state index in [2.05, 4.69) is 76.9 Å². The Balaban J connectivity index is 0.000000154. The van der Waals surface area contributed by atoms with Crippen molar-refractivity contribution in [1.29, 1.82) is 0 Å². The molecule has 0 amide bonds. The summed E-state index contributed by atoms with van der Waals surface area (Å²) in [7, 11) is 1.65. The predicted molar refractivity (Wildman–Crippen MR) is 254 cm³/mol. The quantitative estimate of drug-likeness (QED) is 0.126. The van der Waals surface area contributed by atoms with Gasteiger partial charge in [-0.3, -0.25) is 19.7 Å². The highest BCUT2D eigenvalue weighted by atomic mass is 35.5. The molecule has 11 rings (SSSR count). The van der Waals surface area contributed by atoms with Crippen molar-refractivity contribution in [3.8, 4) is 50.8 Å². The van der Waals surface area contributed by atoms with Crippen LogP contribution < -0.4 is 15.0 Å². The first-order valence-electron chi connectivity index (χ1n) is 21.0. The minimum atomic E-state index is 0.334. The summed E-state index contributed by atoms with van der Waals surface area (Å²) >= 11 is 6.47. The molecule has 4 aromatic carbocycles. The zero-order chi connectivity index (χ0) is 44.0. The summed E-state index contributed by atoms with van der Waals surface area (Å²) in [5.74, 6) is 2.70. The van der Waals surface area contributed by atoms with Crippen LogP contribution in [0.15, 0.2) is 159 Å². The predicted octanol–water partition coefficient (Wildman–Crippen LogP) is 9.93. The fourth-order valence-corrected chi connectivity index (χ4v) is 7.78. The first-order chi connectivity index (χ1) is 32.0. The molecule has 6 aromatic heterocycles. The Morgan fingerprint density at radius 1 is 0.677 bits per heavy atom. The number of aromatic amines is 1. The van der Waals surface area contributed by atoms with Gasteiger partial charge in [0, 0.05) is 71.5 Å². The van der Waals surface area contributed by atoms with Crippen molar-refractivity contribution in [2.24, 2.45) is 0 Å². The number of nitrogens with zero attached hydrogens (tertiary/aromatic N) is 10. The molecule has 0 saturated carbocycles. The topological polar surface area (TPSA) is 158 Å². The minimum absolute atomic E-state index is 0.334. The van der Waals surface area contributed by atoms with Gasteiger partial charge in [0.05, 0.1) is 39.3 Å². The normalized spacial score (nSPS) is 12.5. The lowest BCUT2D eigenvalue weighted by molar-refractivity contribution is 0.122. The highest BCUT2D eigenvalue weighted by Gasteiger charge is 2.16. The van der Waals surface area contributed by atoms with E-state index in [1.54, 1.807) is 25.7 Å². The van der Waals surface area contributed by atoms with Crippen molar-refractivity contribution in [2.45, 2.75) is 6.54 Å². The van der Waals surface area contributed by atoms with Gasteiger partial charge in [0.1, 0.15) is 27.8 Å². The number of pyridine rings is 2. The van der Waals surface area contributed by atoms with Gasteiger partial charge in [-0.2, -0.15) is 10.2 Å². The van der Waals surface area contributed by atoms with E-state index in [4.69, 9.17) is 36.0 Å². The molecule has 14 nitrogen and oxygen atoms in total. The van der Waals surface area contributed by atoms with Gasteiger partial charge in [-0.25, -0.2) is 19.9 Å². The fourth-order valence-electron chi connectivity index (χ4n) is 7.57. The standard InChI is InChI=1S/C26H23N7O.C24H18ClN5O/c1-3-18(20-5-2-10-27-16-20)15-19(4-1)25-30-23-17-28-32-24(23)26(31-25)29-21-6-8-22(9-7-21)33-11-13-34-14-12-33;1-31-20-9-7-16(8-10-20)14-30-15-21-22(29-30)23(25)28-24(27-21)18-5-2-4-17(12-18)19-6-3-11-26-13-19/h1-10,15-17H,11-14H2,(H,28,32)(H,29,30,31);2-13,15H,14H2,1H3. The first kappa shape index (κ1) is 41.0. The smallest absolute Gasteiger partial charge is 0.162 e. The van der Waals surface area contributed by atoms with Crippen LogP contribution in [0.25, 0.3) is 67.1 Å². The van der Waals surface area contributed by atoms with Crippen LogP contribution in [0.4, 0.5) is 17.2 Å². The molecule has 0 bridgehead atoms. The Kier molecular flexibility index (Phi) is 11.8. The van der Waals surface area contributed by atoms with Crippen LogP contribution in [0, 0.1) is 0 Å². The van der Waals surface area contributed by atoms with Gasteiger partial charge in [0.2, 0.25) is 0 Å². The summed E-state index contributed by atoms with van der Waals surface area (Å²) in [4.78, 5) is 29.6. The lowest BCUT2D eigenvalue weighted by Crippen LogP contribution is -2.36. The lowest BCUT2D eigenvalue weighted by Gasteiger charge is -2.28. The largest absolute Gasteiger partial charge is 0.497 e. The summed E-state index contributed by atoms with van der Waals surface area (Å²) < 4.78 is 12.5. The maximum absolute atomic E-state index is 6.47. The second kappa shape index (κ2) is 18.7. The summed E-state index contributed by atoms with van der Waals surface area (Å²) in [6.45, 7) is 3.96. The molecule has 1 fully saturated rings.